The average Bonchev–Trinajstić information content (AvgIpc) is 2.91. The largest absolute Gasteiger partial charge is 0.496 e. The van der Waals surface area contributed by atoms with Gasteiger partial charge < -0.3 is 9.15 Å². The molecule has 0 N–H and O–H groups in total. The van der Waals surface area contributed by atoms with E-state index in [1.54, 1.807) is 7.11 Å². The minimum atomic E-state index is 0.577. The Hall–Kier alpha value is -2.55. The first kappa shape index (κ1) is 12.5. The molecule has 2 aromatic carbocycles. The predicted octanol–water partition coefficient (Wildman–Crippen LogP) is 4.23. The summed E-state index contributed by atoms with van der Waals surface area (Å²) in [5, 5.41) is 0. The standard InChI is InChI=1S/C17H15NO2/c1-3-6-12-9-10-13(16(11-12)19-2)17-18-14-7-4-5-8-15(14)20-17/h3-5,7-11H,1,6H2,2H3. The lowest BCUT2D eigenvalue weighted by Crippen LogP contribution is -1.90. The van der Waals surface area contributed by atoms with Crippen molar-refractivity contribution in [2.45, 2.75) is 6.42 Å². The van der Waals surface area contributed by atoms with Crippen LogP contribution >= 0.6 is 0 Å². The highest BCUT2D eigenvalue weighted by Crippen LogP contribution is 2.32. The summed E-state index contributed by atoms with van der Waals surface area (Å²) < 4.78 is 11.2. The fourth-order valence-electron chi connectivity index (χ4n) is 2.19. The zero-order chi connectivity index (χ0) is 13.9. The molecule has 0 bridgehead atoms. The van der Waals surface area contributed by atoms with Crippen molar-refractivity contribution in [3.05, 3.63) is 60.7 Å². The van der Waals surface area contributed by atoms with Crippen LogP contribution in [0.4, 0.5) is 0 Å². The van der Waals surface area contributed by atoms with E-state index in [1.807, 2.05) is 48.5 Å². The molecule has 0 saturated carbocycles. The Bertz CT molecular complexity index is 726. The predicted molar refractivity (Wildman–Crippen MR) is 79.9 cm³/mol. The number of nitrogens with zero attached hydrogens (tertiary/aromatic N) is 1. The third-order valence-electron chi connectivity index (χ3n) is 3.17. The van der Waals surface area contributed by atoms with Crippen molar-refractivity contribution in [2.24, 2.45) is 0 Å². The van der Waals surface area contributed by atoms with Gasteiger partial charge in [0.15, 0.2) is 5.58 Å². The van der Waals surface area contributed by atoms with Crippen molar-refractivity contribution >= 4 is 11.1 Å². The molecule has 0 atom stereocenters. The lowest BCUT2D eigenvalue weighted by atomic mass is 10.1. The van der Waals surface area contributed by atoms with Crippen LogP contribution in [0.15, 0.2) is 59.5 Å². The number of benzene rings is 2. The van der Waals surface area contributed by atoms with E-state index in [4.69, 9.17) is 9.15 Å². The Kier molecular flexibility index (Phi) is 3.25. The van der Waals surface area contributed by atoms with E-state index in [0.717, 1.165) is 34.4 Å². The number of fused-ring (bicyclic) bond motifs is 1. The van der Waals surface area contributed by atoms with Gasteiger partial charge in [0.25, 0.3) is 0 Å². The molecule has 0 aliphatic rings. The molecule has 0 aliphatic heterocycles. The average molecular weight is 265 g/mol. The van der Waals surface area contributed by atoms with E-state index in [0.29, 0.717) is 5.89 Å². The van der Waals surface area contributed by atoms with E-state index in [2.05, 4.69) is 11.6 Å². The van der Waals surface area contributed by atoms with Gasteiger partial charge in [0.2, 0.25) is 5.89 Å². The summed E-state index contributed by atoms with van der Waals surface area (Å²) in [6.07, 6.45) is 2.68. The summed E-state index contributed by atoms with van der Waals surface area (Å²) in [7, 11) is 1.65. The highest BCUT2D eigenvalue weighted by molar-refractivity contribution is 5.77. The Balaban J connectivity index is 2.10. The molecule has 0 fully saturated rings. The monoisotopic (exact) mass is 265 g/mol. The molecule has 3 rings (SSSR count). The van der Waals surface area contributed by atoms with E-state index in [9.17, 15) is 0 Å². The summed E-state index contributed by atoms with van der Waals surface area (Å²) in [4.78, 5) is 4.50. The minimum Gasteiger partial charge on any atom is -0.496 e. The molecule has 3 nitrogen and oxygen atoms in total. The van der Waals surface area contributed by atoms with Gasteiger partial charge in [0.05, 0.1) is 12.7 Å². The number of ether oxygens (including phenoxy) is 1. The molecule has 0 aliphatic carbocycles. The number of para-hydroxylation sites is 2. The molecule has 0 saturated heterocycles. The van der Waals surface area contributed by atoms with Crippen LogP contribution in [-0.4, -0.2) is 12.1 Å². The number of methoxy groups -OCH3 is 1. The maximum Gasteiger partial charge on any atom is 0.231 e. The minimum absolute atomic E-state index is 0.577. The zero-order valence-corrected chi connectivity index (χ0v) is 11.3. The number of rotatable bonds is 4. The van der Waals surface area contributed by atoms with Gasteiger partial charge in [-0.3, -0.25) is 0 Å². The van der Waals surface area contributed by atoms with Gasteiger partial charge in [-0.15, -0.1) is 6.58 Å². The summed E-state index contributed by atoms with van der Waals surface area (Å²) >= 11 is 0. The first-order valence-corrected chi connectivity index (χ1v) is 6.45. The van der Waals surface area contributed by atoms with Gasteiger partial charge in [0.1, 0.15) is 11.3 Å². The lowest BCUT2D eigenvalue weighted by Gasteiger charge is -2.07. The number of hydrogen-bond donors (Lipinski definition) is 0. The Morgan fingerprint density at radius 3 is 2.85 bits per heavy atom. The third-order valence-corrected chi connectivity index (χ3v) is 3.17. The number of aromatic nitrogens is 1. The summed E-state index contributed by atoms with van der Waals surface area (Å²) in [6, 6.07) is 13.7. The van der Waals surface area contributed by atoms with Crippen LogP contribution in [0.5, 0.6) is 5.75 Å². The quantitative estimate of drug-likeness (QED) is 0.662. The lowest BCUT2D eigenvalue weighted by molar-refractivity contribution is 0.414. The first-order valence-electron chi connectivity index (χ1n) is 6.45. The molecular weight excluding hydrogens is 250 g/mol. The van der Waals surface area contributed by atoms with Crippen LogP contribution in [0.3, 0.4) is 0 Å². The fraction of sp³-hybridized carbons (Fsp3) is 0.118. The van der Waals surface area contributed by atoms with Gasteiger partial charge >= 0.3 is 0 Å². The highest BCUT2D eigenvalue weighted by atomic mass is 16.5. The molecule has 20 heavy (non-hydrogen) atoms. The second-order valence-corrected chi connectivity index (χ2v) is 4.51. The highest BCUT2D eigenvalue weighted by Gasteiger charge is 2.13. The van der Waals surface area contributed by atoms with E-state index in [-0.39, 0.29) is 0 Å². The normalized spacial score (nSPS) is 10.7. The van der Waals surface area contributed by atoms with Crippen LogP contribution in [-0.2, 0) is 6.42 Å². The fourth-order valence-corrected chi connectivity index (χ4v) is 2.19. The molecule has 1 aromatic heterocycles. The molecule has 0 spiro atoms. The molecule has 0 unspecified atom stereocenters. The van der Waals surface area contributed by atoms with Gasteiger partial charge in [-0.25, -0.2) is 4.98 Å². The smallest absolute Gasteiger partial charge is 0.231 e. The van der Waals surface area contributed by atoms with Crippen LogP contribution in [0.25, 0.3) is 22.6 Å². The Morgan fingerprint density at radius 2 is 2.10 bits per heavy atom. The summed E-state index contributed by atoms with van der Waals surface area (Å²) in [6.45, 7) is 3.75. The number of oxazole rings is 1. The van der Waals surface area contributed by atoms with E-state index < -0.39 is 0 Å². The van der Waals surface area contributed by atoms with Crippen molar-refractivity contribution in [1.29, 1.82) is 0 Å². The van der Waals surface area contributed by atoms with Gasteiger partial charge in [0, 0.05) is 0 Å². The van der Waals surface area contributed by atoms with Gasteiger partial charge in [-0.05, 0) is 36.2 Å². The van der Waals surface area contributed by atoms with E-state index >= 15 is 0 Å². The van der Waals surface area contributed by atoms with Gasteiger partial charge in [-0.2, -0.15) is 0 Å². The second kappa shape index (κ2) is 5.21. The molecule has 1 heterocycles. The number of allylic oxidation sites excluding steroid dienone is 1. The topological polar surface area (TPSA) is 35.3 Å². The van der Waals surface area contributed by atoms with Crippen molar-refractivity contribution in [3.8, 4) is 17.2 Å². The van der Waals surface area contributed by atoms with Crippen molar-refractivity contribution in [1.82, 2.24) is 4.98 Å². The van der Waals surface area contributed by atoms with Crippen molar-refractivity contribution < 1.29 is 9.15 Å². The maximum atomic E-state index is 5.79. The second-order valence-electron chi connectivity index (χ2n) is 4.51. The molecule has 0 amide bonds. The first-order chi connectivity index (χ1) is 9.81. The van der Waals surface area contributed by atoms with Crippen LogP contribution in [0, 0.1) is 0 Å². The summed E-state index contributed by atoms with van der Waals surface area (Å²) in [5.41, 5.74) is 3.63. The van der Waals surface area contributed by atoms with Crippen molar-refractivity contribution in [2.75, 3.05) is 7.11 Å². The molecule has 100 valence electrons. The van der Waals surface area contributed by atoms with Gasteiger partial charge in [-0.1, -0.05) is 24.3 Å². The van der Waals surface area contributed by atoms with E-state index in [1.165, 1.54) is 0 Å². The molecule has 3 heteroatoms. The summed E-state index contributed by atoms with van der Waals surface area (Å²) in [5.74, 6) is 1.34. The SMILES string of the molecule is C=CCc1ccc(-c2nc3ccccc3o2)c(OC)c1. The van der Waals surface area contributed by atoms with Crippen LogP contribution in [0.2, 0.25) is 0 Å². The third kappa shape index (κ3) is 2.18. The number of hydrogen-bond acceptors (Lipinski definition) is 3. The molecule has 0 radical (unpaired) electrons. The van der Waals surface area contributed by atoms with Crippen molar-refractivity contribution in [3.63, 3.8) is 0 Å². The Morgan fingerprint density at radius 1 is 1.25 bits per heavy atom. The van der Waals surface area contributed by atoms with Crippen LogP contribution in [0.1, 0.15) is 5.56 Å². The van der Waals surface area contributed by atoms with Crippen LogP contribution < -0.4 is 4.74 Å². The molecular formula is C17H15NO2. The zero-order valence-electron chi connectivity index (χ0n) is 11.3. The maximum absolute atomic E-state index is 5.79. The Labute approximate surface area is 117 Å². The molecule has 3 aromatic rings.